The maximum atomic E-state index is 12.6. The monoisotopic (exact) mass is 338 g/mol. The normalized spacial score (nSPS) is 10.8. The molecule has 2 heteroatoms. The minimum atomic E-state index is -0.394. The van der Waals surface area contributed by atoms with Crippen molar-refractivity contribution in [3.8, 4) is 5.75 Å². The molecule has 4 aromatic rings. The number of benzene rings is 4. The number of rotatable bonds is 4. The molecule has 0 radical (unpaired) electrons. The molecule has 0 saturated carbocycles. The van der Waals surface area contributed by atoms with Gasteiger partial charge in [-0.25, -0.2) is 4.79 Å². The van der Waals surface area contributed by atoms with E-state index in [-0.39, 0.29) is 0 Å². The summed E-state index contributed by atoms with van der Waals surface area (Å²) in [5.74, 6) is 0.174. The van der Waals surface area contributed by atoms with E-state index in [2.05, 4.69) is 12.6 Å². The quantitative estimate of drug-likeness (QED) is 0.207. The minimum absolute atomic E-state index is 0.394. The molecular formula is C24H18O2. The van der Waals surface area contributed by atoms with Gasteiger partial charge in [-0.15, -0.1) is 0 Å². The van der Waals surface area contributed by atoms with Gasteiger partial charge in [0.25, 0.3) is 0 Å². The van der Waals surface area contributed by atoms with E-state index in [9.17, 15) is 4.79 Å². The summed E-state index contributed by atoms with van der Waals surface area (Å²) in [6.45, 7) is 3.91. The highest BCUT2D eigenvalue weighted by Crippen LogP contribution is 2.33. The van der Waals surface area contributed by atoms with Crippen LogP contribution in [-0.4, -0.2) is 5.97 Å². The zero-order valence-electron chi connectivity index (χ0n) is 14.3. The van der Waals surface area contributed by atoms with Crippen LogP contribution >= 0.6 is 0 Å². The first-order valence-corrected chi connectivity index (χ1v) is 8.57. The molecular weight excluding hydrogens is 320 g/mol. The molecule has 0 fully saturated rings. The summed E-state index contributed by atoms with van der Waals surface area (Å²) in [4.78, 5) is 12.6. The largest absolute Gasteiger partial charge is 0.422 e. The molecule has 0 amide bonds. The molecule has 0 aliphatic rings. The van der Waals surface area contributed by atoms with Crippen LogP contribution in [0.1, 0.15) is 5.56 Å². The third-order valence-corrected chi connectivity index (χ3v) is 4.48. The Bertz CT molecular complexity index is 1110. The highest BCUT2D eigenvalue weighted by molar-refractivity contribution is 6.11. The lowest BCUT2D eigenvalue weighted by atomic mass is 10.0. The Kier molecular flexibility index (Phi) is 4.24. The predicted molar refractivity (Wildman–Crippen MR) is 106 cm³/mol. The molecule has 126 valence electrons. The van der Waals surface area contributed by atoms with Crippen LogP contribution in [0.3, 0.4) is 0 Å². The average molecular weight is 338 g/mol. The molecule has 4 aromatic carbocycles. The molecule has 2 nitrogen and oxygen atoms in total. The van der Waals surface area contributed by atoms with E-state index in [4.69, 9.17) is 4.74 Å². The molecule has 0 bridgehead atoms. The Balaban J connectivity index is 1.67. The first kappa shape index (κ1) is 16.1. The van der Waals surface area contributed by atoms with E-state index in [0.29, 0.717) is 17.7 Å². The van der Waals surface area contributed by atoms with Crippen molar-refractivity contribution in [3.05, 3.63) is 103 Å². The van der Waals surface area contributed by atoms with Crippen molar-refractivity contribution in [1.82, 2.24) is 0 Å². The first-order chi connectivity index (χ1) is 12.7. The Labute approximate surface area is 152 Å². The second-order valence-corrected chi connectivity index (χ2v) is 6.30. The third kappa shape index (κ3) is 3.09. The van der Waals surface area contributed by atoms with E-state index < -0.39 is 5.97 Å². The molecule has 0 atom stereocenters. The highest BCUT2D eigenvalue weighted by atomic mass is 16.5. The molecule has 0 unspecified atom stereocenters. The predicted octanol–water partition coefficient (Wildman–Crippen LogP) is 5.70. The maximum absolute atomic E-state index is 12.6. The van der Waals surface area contributed by atoms with Gasteiger partial charge in [-0.2, -0.15) is 0 Å². The van der Waals surface area contributed by atoms with Crippen molar-refractivity contribution in [2.45, 2.75) is 6.42 Å². The van der Waals surface area contributed by atoms with Crippen molar-refractivity contribution in [2.24, 2.45) is 0 Å². The molecule has 0 N–H and O–H groups in total. The van der Waals surface area contributed by atoms with Gasteiger partial charge in [0.1, 0.15) is 5.75 Å². The van der Waals surface area contributed by atoms with E-state index in [0.717, 1.165) is 27.1 Å². The average Bonchev–Trinajstić information content (AvgIpc) is 2.69. The zero-order valence-corrected chi connectivity index (χ0v) is 14.3. The Hall–Kier alpha value is -3.39. The number of fused-ring (bicyclic) bond motifs is 3. The van der Waals surface area contributed by atoms with Gasteiger partial charge in [0, 0.05) is 17.4 Å². The van der Waals surface area contributed by atoms with Crippen LogP contribution < -0.4 is 4.74 Å². The highest BCUT2D eigenvalue weighted by Gasteiger charge is 2.14. The third-order valence-electron chi connectivity index (χ3n) is 4.48. The number of ether oxygens (including phenoxy) is 1. The number of hydrogen-bond acceptors (Lipinski definition) is 2. The van der Waals surface area contributed by atoms with Crippen molar-refractivity contribution >= 4 is 27.5 Å². The minimum Gasteiger partial charge on any atom is -0.422 e. The number of hydrogen-bond donors (Lipinski definition) is 0. The summed E-state index contributed by atoms with van der Waals surface area (Å²) in [5, 5.41) is 4.18. The fourth-order valence-corrected chi connectivity index (χ4v) is 3.19. The Morgan fingerprint density at radius 1 is 0.769 bits per heavy atom. The number of carbonyl (C=O) groups is 1. The Morgan fingerprint density at radius 2 is 1.38 bits per heavy atom. The van der Waals surface area contributed by atoms with E-state index in [1.807, 2.05) is 78.9 Å². The summed E-state index contributed by atoms with van der Waals surface area (Å²) in [6, 6.07) is 27.8. The van der Waals surface area contributed by atoms with Crippen molar-refractivity contribution in [2.75, 3.05) is 0 Å². The summed E-state index contributed by atoms with van der Waals surface area (Å²) in [5.41, 5.74) is 1.48. The van der Waals surface area contributed by atoms with Gasteiger partial charge < -0.3 is 4.74 Å². The number of carbonyl (C=O) groups excluding carboxylic acids is 1. The maximum Gasteiger partial charge on any atom is 0.339 e. The van der Waals surface area contributed by atoms with Gasteiger partial charge in [-0.3, -0.25) is 0 Å². The lowest BCUT2D eigenvalue weighted by molar-refractivity contribution is -0.130. The van der Waals surface area contributed by atoms with Gasteiger partial charge in [0.2, 0.25) is 0 Å². The van der Waals surface area contributed by atoms with Crippen molar-refractivity contribution in [3.63, 3.8) is 0 Å². The SMILES string of the molecule is C=C(Cc1ccccc1)C(=O)Oc1cc2ccccc2c2ccccc12. The fraction of sp³-hybridized carbons (Fsp3) is 0.0417. The molecule has 0 heterocycles. The molecule has 0 spiro atoms. The lowest BCUT2D eigenvalue weighted by Gasteiger charge is -2.12. The van der Waals surface area contributed by atoms with Crippen LogP contribution in [0.15, 0.2) is 97.1 Å². The second-order valence-electron chi connectivity index (χ2n) is 6.30. The molecule has 0 saturated heterocycles. The van der Waals surface area contributed by atoms with E-state index >= 15 is 0 Å². The zero-order chi connectivity index (χ0) is 17.9. The van der Waals surface area contributed by atoms with Crippen LogP contribution in [0.25, 0.3) is 21.5 Å². The van der Waals surface area contributed by atoms with Gasteiger partial charge >= 0.3 is 5.97 Å². The number of esters is 1. The molecule has 26 heavy (non-hydrogen) atoms. The van der Waals surface area contributed by atoms with Crippen LogP contribution in [0.4, 0.5) is 0 Å². The van der Waals surface area contributed by atoms with Crippen LogP contribution in [0.2, 0.25) is 0 Å². The molecule has 4 rings (SSSR count). The second kappa shape index (κ2) is 6.85. The van der Waals surface area contributed by atoms with Gasteiger partial charge in [-0.1, -0.05) is 85.4 Å². The first-order valence-electron chi connectivity index (χ1n) is 8.57. The fourth-order valence-electron chi connectivity index (χ4n) is 3.19. The Morgan fingerprint density at radius 3 is 2.15 bits per heavy atom. The molecule has 0 aliphatic carbocycles. The van der Waals surface area contributed by atoms with Crippen LogP contribution in [0.5, 0.6) is 5.75 Å². The summed E-state index contributed by atoms with van der Waals surface area (Å²) >= 11 is 0. The smallest absolute Gasteiger partial charge is 0.339 e. The van der Waals surface area contributed by atoms with E-state index in [1.165, 1.54) is 0 Å². The van der Waals surface area contributed by atoms with Gasteiger partial charge in [0.05, 0.1) is 0 Å². The molecule has 0 aliphatic heterocycles. The van der Waals surface area contributed by atoms with Crippen LogP contribution in [0, 0.1) is 0 Å². The van der Waals surface area contributed by atoms with Crippen molar-refractivity contribution in [1.29, 1.82) is 0 Å². The summed E-state index contributed by atoms with van der Waals surface area (Å²) < 4.78 is 5.73. The lowest BCUT2D eigenvalue weighted by Crippen LogP contribution is -2.12. The molecule has 0 aromatic heterocycles. The summed E-state index contributed by atoms with van der Waals surface area (Å²) in [7, 11) is 0. The summed E-state index contributed by atoms with van der Waals surface area (Å²) in [6.07, 6.45) is 0.477. The standard InChI is InChI=1S/C24H18O2/c1-17(15-18-9-3-2-4-10-18)24(25)26-23-16-19-11-5-6-12-20(19)21-13-7-8-14-22(21)23/h2-14,16H,1,15H2. The van der Waals surface area contributed by atoms with Crippen LogP contribution in [-0.2, 0) is 11.2 Å². The van der Waals surface area contributed by atoms with Gasteiger partial charge in [-0.05, 0) is 27.8 Å². The van der Waals surface area contributed by atoms with Crippen molar-refractivity contribution < 1.29 is 9.53 Å². The topological polar surface area (TPSA) is 26.3 Å². The van der Waals surface area contributed by atoms with E-state index in [1.54, 1.807) is 0 Å². The van der Waals surface area contributed by atoms with Gasteiger partial charge in [0.15, 0.2) is 0 Å².